The van der Waals surface area contributed by atoms with Crippen LogP contribution in [0.3, 0.4) is 0 Å². The summed E-state index contributed by atoms with van der Waals surface area (Å²) in [5.41, 5.74) is 9.92. The van der Waals surface area contributed by atoms with Crippen LogP contribution in [0.15, 0.2) is 170 Å². The predicted octanol–water partition coefficient (Wildman–Crippen LogP) is 12.4. The van der Waals surface area contributed by atoms with Gasteiger partial charge in [-0.1, -0.05) is 127 Å². The number of benzene rings is 7. The van der Waals surface area contributed by atoms with Crippen molar-refractivity contribution in [2.45, 2.75) is 0 Å². The minimum Gasteiger partial charge on any atom is -0.309 e. The van der Waals surface area contributed by atoms with Gasteiger partial charge < -0.3 is 4.57 Å². The Balaban J connectivity index is 1.26. The molecule has 0 fully saturated rings. The third-order valence-corrected chi connectivity index (χ3v) is 11.3. The van der Waals surface area contributed by atoms with Crippen LogP contribution in [-0.4, -0.2) is 19.1 Å². The van der Waals surface area contributed by atoms with E-state index in [-0.39, 0.29) is 0 Å². The fourth-order valence-electron chi connectivity index (χ4n) is 7.90. The Morgan fingerprint density at radius 3 is 1.71 bits per heavy atom. The lowest BCUT2D eigenvalue weighted by Crippen LogP contribution is -2.04. The van der Waals surface area contributed by atoms with Crippen molar-refractivity contribution in [1.29, 1.82) is 0 Å². The first kappa shape index (κ1) is 28.3. The molecule has 11 rings (SSSR count). The molecule has 0 aliphatic heterocycles. The number of hydrogen-bond donors (Lipinski definition) is 0. The van der Waals surface area contributed by atoms with Gasteiger partial charge in [-0.2, -0.15) is 0 Å². The summed E-state index contributed by atoms with van der Waals surface area (Å²) in [5.74, 6) is 1.59. The van der Waals surface area contributed by atoms with Gasteiger partial charge in [0.15, 0.2) is 11.6 Å². The first-order chi connectivity index (χ1) is 25.3. The standard InChI is InChI=1S/C46H28N4S/c1-2-14-29(15-3-1)30-26-27-34-33-18-6-11-23-39(33)50(41(34)28-30)46-44-43(36-20-8-13-25-42(36)51-44)47-45(48-46)35-19-7-12-24-40(35)49-37-21-9-4-16-31(37)32-17-5-10-22-38(32)49/h1-28H. The quantitative estimate of drug-likeness (QED) is 0.187. The van der Waals surface area contributed by atoms with Crippen LogP contribution in [0.1, 0.15) is 0 Å². The van der Waals surface area contributed by atoms with Crippen LogP contribution < -0.4 is 0 Å². The fraction of sp³-hybridized carbons (Fsp3) is 0. The minimum absolute atomic E-state index is 0.698. The summed E-state index contributed by atoms with van der Waals surface area (Å²) in [6, 6.07) is 60.5. The lowest BCUT2D eigenvalue weighted by Gasteiger charge is -2.15. The molecule has 7 aromatic carbocycles. The van der Waals surface area contributed by atoms with Crippen molar-refractivity contribution in [3.8, 4) is 34.0 Å². The molecule has 11 aromatic rings. The molecular weight excluding hydrogens is 641 g/mol. The highest BCUT2D eigenvalue weighted by Crippen LogP contribution is 2.42. The normalized spacial score (nSPS) is 11.9. The summed E-state index contributed by atoms with van der Waals surface area (Å²) in [5, 5.41) is 5.99. The van der Waals surface area contributed by atoms with Gasteiger partial charge in [-0.25, -0.2) is 9.97 Å². The smallest absolute Gasteiger partial charge is 0.164 e. The van der Waals surface area contributed by atoms with Crippen LogP contribution in [-0.2, 0) is 0 Å². The topological polar surface area (TPSA) is 35.6 Å². The molecule has 0 bridgehead atoms. The first-order valence-electron chi connectivity index (χ1n) is 17.2. The summed E-state index contributed by atoms with van der Waals surface area (Å²) in [7, 11) is 0. The van der Waals surface area contributed by atoms with Crippen molar-refractivity contribution >= 4 is 75.3 Å². The number of aromatic nitrogens is 4. The molecule has 0 aliphatic carbocycles. The number of fused-ring (bicyclic) bond motifs is 9. The van der Waals surface area contributed by atoms with Crippen molar-refractivity contribution in [2.24, 2.45) is 0 Å². The van der Waals surface area contributed by atoms with Crippen molar-refractivity contribution in [2.75, 3.05) is 0 Å². The molecule has 0 N–H and O–H groups in total. The SMILES string of the molecule is c1ccc(-c2ccc3c4ccccc4n(-c4nc(-c5ccccc5-n5c6ccccc6c6ccccc65)nc5c4sc4ccccc45)c3c2)cc1. The fourth-order valence-corrected chi connectivity index (χ4v) is 9.02. The van der Waals surface area contributed by atoms with E-state index in [0.29, 0.717) is 5.82 Å². The maximum absolute atomic E-state index is 5.59. The zero-order valence-electron chi connectivity index (χ0n) is 27.4. The zero-order valence-corrected chi connectivity index (χ0v) is 28.2. The van der Waals surface area contributed by atoms with Crippen LogP contribution in [0, 0.1) is 0 Å². The van der Waals surface area contributed by atoms with Gasteiger partial charge in [0.1, 0.15) is 0 Å². The highest BCUT2D eigenvalue weighted by molar-refractivity contribution is 7.26. The second-order valence-corrected chi connectivity index (χ2v) is 14.0. The van der Waals surface area contributed by atoms with Crippen molar-refractivity contribution in [3.63, 3.8) is 0 Å². The molecule has 51 heavy (non-hydrogen) atoms. The van der Waals surface area contributed by atoms with Gasteiger partial charge in [-0.15, -0.1) is 11.3 Å². The Kier molecular flexibility index (Phi) is 6.09. The lowest BCUT2D eigenvalue weighted by molar-refractivity contribution is 1.07. The molecule has 4 nitrogen and oxygen atoms in total. The van der Waals surface area contributed by atoms with E-state index >= 15 is 0 Å². The average Bonchev–Trinajstić information content (AvgIpc) is 3.85. The maximum atomic E-state index is 5.59. The molecule has 5 heteroatoms. The van der Waals surface area contributed by atoms with Gasteiger partial charge in [-0.05, 0) is 53.6 Å². The monoisotopic (exact) mass is 668 g/mol. The van der Waals surface area contributed by atoms with E-state index in [0.717, 1.165) is 54.7 Å². The largest absolute Gasteiger partial charge is 0.309 e. The zero-order chi connectivity index (χ0) is 33.5. The molecule has 4 heterocycles. The molecule has 0 amide bonds. The molecule has 0 spiro atoms. The lowest BCUT2D eigenvalue weighted by atomic mass is 10.0. The Morgan fingerprint density at radius 1 is 0.412 bits per heavy atom. The molecule has 238 valence electrons. The minimum atomic E-state index is 0.698. The Labute approximate surface area is 297 Å². The van der Waals surface area contributed by atoms with Gasteiger partial charge in [0, 0.05) is 37.2 Å². The number of para-hydroxylation sites is 4. The van der Waals surface area contributed by atoms with Crippen LogP contribution in [0.2, 0.25) is 0 Å². The van der Waals surface area contributed by atoms with E-state index in [1.807, 2.05) is 0 Å². The van der Waals surface area contributed by atoms with Gasteiger partial charge in [0.25, 0.3) is 0 Å². The second kappa shape index (κ2) is 11.0. The Hall–Kier alpha value is -6.56. The molecule has 0 aliphatic rings. The third-order valence-electron chi connectivity index (χ3n) is 10.2. The van der Waals surface area contributed by atoms with Crippen LogP contribution >= 0.6 is 11.3 Å². The molecule has 0 radical (unpaired) electrons. The summed E-state index contributed by atoms with van der Waals surface area (Å²) in [4.78, 5) is 11.0. The molecule has 0 atom stereocenters. The van der Waals surface area contributed by atoms with Crippen molar-refractivity contribution in [1.82, 2.24) is 19.1 Å². The molecule has 0 saturated heterocycles. The van der Waals surface area contributed by atoms with E-state index in [4.69, 9.17) is 9.97 Å². The number of nitrogens with zero attached hydrogens (tertiary/aromatic N) is 4. The van der Waals surface area contributed by atoms with E-state index in [1.54, 1.807) is 11.3 Å². The van der Waals surface area contributed by atoms with Crippen LogP contribution in [0.5, 0.6) is 0 Å². The summed E-state index contributed by atoms with van der Waals surface area (Å²) in [6.07, 6.45) is 0. The number of rotatable bonds is 4. The van der Waals surface area contributed by atoms with Gasteiger partial charge in [-0.3, -0.25) is 4.57 Å². The number of hydrogen-bond acceptors (Lipinski definition) is 3. The van der Waals surface area contributed by atoms with Gasteiger partial charge in [0.05, 0.1) is 38.0 Å². The molecule has 0 unspecified atom stereocenters. The van der Waals surface area contributed by atoms with Crippen molar-refractivity contribution in [3.05, 3.63) is 170 Å². The maximum Gasteiger partial charge on any atom is 0.164 e. The Bertz CT molecular complexity index is 3090. The van der Waals surface area contributed by atoms with E-state index in [2.05, 4.69) is 179 Å². The summed E-state index contributed by atoms with van der Waals surface area (Å²) >= 11 is 1.76. The second-order valence-electron chi connectivity index (χ2n) is 13.0. The van der Waals surface area contributed by atoms with Gasteiger partial charge >= 0.3 is 0 Å². The number of thiophene rings is 1. The predicted molar refractivity (Wildman–Crippen MR) is 214 cm³/mol. The first-order valence-corrected chi connectivity index (χ1v) is 18.0. The van der Waals surface area contributed by atoms with E-state index in [1.165, 1.54) is 37.4 Å². The summed E-state index contributed by atoms with van der Waals surface area (Å²) < 4.78 is 7.00. The highest BCUT2D eigenvalue weighted by Gasteiger charge is 2.23. The Morgan fingerprint density at radius 2 is 0.980 bits per heavy atom. The van der Waals surface area contributed by atoms with E-state index < -0.39 is 0 Å². The molecular formula is C46H28N4S. The molecule has 0 saturated carbocycles. The summed E-state index contributed by atoms with van der Waals surface area (Å²) in [6.45, 7) is 0. The molecule has 4 aromatic heterocycles. The van der Waals surface area contributed by atoms with Crippen molar-refractivity contribution < 1.29 is 0 Å². The van der Waals surface area contributed by atoms with Crippen LogP contribution in [0.4, 0.5) is 0 Å². The third kappa shape index (κ3) is 4.19. The van der Waals surface area contributed by atoms with E-state index in [9.17, 15) is 0 Å². The van der Waals surface area contributed by atoms with Crippen LogP contribution in [0.25, 0.3) is 97.9 Å². The average molecular weight is 669 g/mol. The highest BCUT2D eigenvalue weighted by atomic mass is 32.1. The van der Waals surface area contributed by atoms with Gasteiger partial charge in [0.2, 0.25) is 0 Å².